The lowest BCUT2D eigenvalue weighted by Gasteiger charge is -2.41. The fraction of sp³-hybridized carbons (Fsp3) is 0.625. The third-order valence-corrected chi connectivity index (χ3v) is 6.91. The molecule has 1 fully saturated rings. The Bertz CT molecular complexity index is 957. The van der Waals surface area contributed by atoms with Gasteiger partial charge in [-0.25, -0.2) is 22.0 Å². The largest absolute Gasteiger partial charge is 0.501 e. The molecule has 1 aromatic rings. The van der Waals surface area contributed by atoms with Crippen molar-refractivity contribution in [3.63, 3.8) is 0 Å². The standard InChI is InChI=1S/C16H24F3N3O5S2/c1-15(2,3)14-12(27-7-6-21-14)9-22-11-5-4-10(29(20,25)26)8-13(11)28(23,24)16(17,18)19/h4-5,8,12,14,21-22H,6-7,9H2,1-3H3,(H2,20,25,26). The van der Waals surface area contributed by atoms with Crippen molar-refractivity contribution in [1.29, 1.82) is 0 Å². The zero-order valence-corrected chi connectivity index (χ0v) is 17.7. The summed E-state index contributed by atoms with van der Waals surface area (Å²) in [6, 6.07) is 2.14. The van der Waals surface area contributed by atoms with E-state index < -0.39 is 47.0 Å². The second-order valence-electron chi connectivity index (χ2n) is 7.74. The highest BCUT2D eigenvalue weighted by molar-refractivity contribution is 7.92. The third kappa shape index (κ3) is 5.40. The van der Waals surface area contributed by atoms with Crippen LogP contribution in [0.4, 0.5) is 18.9 Å². The van der Waals surface area contributed by atoms with Gasteiger partial charge in [0.1, 0.15) is 4.90 Å². The monoisotopic (exact) mass is 459 g/mol. The normalized spacial score (nSPS) is 21.8. The van der Waals surface area contributed by atoms with Crippen molar-refractivity contribution in [2.75, 3.05) is 25.0 Å². The van der Waals surface area contributed by atoms with Gasteiger partial charge < -0.3 is 15.4 Å². The van der Waals surface area contributed by atoms with E-state index >= 15 is 0 Å². The highest BCUT2D eigenvalue weighted by atomic mass is 32.2. The lowest BCUT2D eigenvalue weighted by molar-refractivity contribution is -0.0435. The van der Waals surface area contributed by atoms with Crippen molar-refractivity contribution in [2.24, 2.45) is 10.6 Å². The predicted molar refractivity (Wildman–Crippen MR) is 101 cm³/mol. The van der Waals surface area contributed by atoms with E-state index in [9.17, 15) is 30.0 Å². The summed E-state index contributed by atoms with van der Waals surface area (Å²) in [7, 11) is -10.2. The van der Waals surface area contributed by atoms with Gasteiger partial charge in [-0.3, -0.25) is 0 Å². The lowest BCUT2D eigenvalue weighted by atomic mass is 9.82. The molecule has 1 aromatic carbocycles. The van der Waals surface area contributed by atoms with Gasteiger partial charge in [-0.2, -0.15) is 13.2 Å². The number of sulfonamides is 1. The van der Waals surface area contributed by atoms with Crippen LogP contribution in [0.25, 0.3) is 0 Å². The molecule has 1 aliphatic rings. The van der Waals surface area contributed by atoms with Crippen LogP contribution in [0.15, 0.2) is 28.0 Å². The molecule has 1 heterocycles. The molecule has 13 heteroatoms. The summed E-state index contributed by atoms with van der Waals surface area (Å²) < 4.78 is 92.0. The number of hydrogen-bond donors (Lipinski definition) is 3. The van der Waals surface area contributed by atoms with Crippen molar-refractivity contribution in [2.45, 2.75) is 48.2 Å². The van der Waals surface area contributed by atoms with Gasteiger partial charge in [-0.1, -0.05) is 20.8 Å². The molecule has 0 saturated carbocycles. The molecule has 1 saturated heterocycles. The fourth-order valence-corrected chi connectivity index (χ4v) is 4.65. The summed E-state index contributed by atoms with van der Waals surface area (Å²) in [4.78, 5) is -1.96. The van der Waals surface area contributed by atoms with Crippen molar-refractivity contribution in [3.05, 3.63) is 18.2 Å². The zero-order chi connectivity index (χ0) is 22.3. The molecule has 0 aliphatic carbocycles. The molecule has 4 N–H and O–H groups in total. The summed E-state index contributed by atoms with van der Waals surface area (Å²) in [6.07, 6.45) is -0.455. The second-order valence-corrected chi connectivity index (χ2v) is 11.2. The quantitative estimate of drug-likeness (QED) is 0.608. The van der Waals surface area contributed by atoms with Crippen LogP contribution in [0.1, 0.15) is 20.8 Å². The summed E-state index contributed by atoms with van der Waals surface area (Å²) in [5, 5.41) is 10.9. The number of morpholine rings is 1. The second kappa shape index (κ2) is 8.02. The average Bonchev–Trinajstić information content (AvgIpc) is 2.57. The van der Waals surface area contributed by atoms with Crippen LogP contribution in [0.3, 0.4) is 0 Å². The van der Waals surface area contributed by atoms with Gasteiger partial charge in [-0.05, 0) is 23.6 Å². The number of sulfone groups is 1. The molecule has 1 aliphatic heterocycles. The van der Waals surface area contributed by atoms with Crippen LogP contribution in [-0.2, 0) is 24.6 Å². The summed E-state index contributed by atoms with van der Waals surface area (Å²) in [6.45, 7) is 6.89. The first-order chi connectivity index (χ1) is 13.0. The molecule has 8 nitrogen and oxygen atoms in total. The lowest BCUT2D eigenvalue weighted by Crippen LogP contribution is -2.57. The van der Waals surface area contributed by atoms with Crippen LogP contribution in [0.5, 0.6) is 0 Å². The molecular weight excluding hydrogens is 435 g/mol. The van der Waals surface area contributed by atoms with Gasteiger partial charge in [0.2, 0.25) is 10.0 Å². The average molecular weight is 460 g/mol. The van der Waals surface area contributed by atoms with Crippen LogP contribution >= 0.6 is 0 Å². The van der Waals surface area contributed by atoms with Crippen LogP contribution in [-0.4, -0.2) is 54.2 Å². The number of hydrogen-bond acceptors (Lipinski definition) is 7. The Morgan fingerprint density at radius 3 is 2.34 bits per heavy atom. The Labute approximate surface area is 168 Å². The summed E-state index contributed by atoms with van der Waals surface area (Å²) in [5.41, 5.74) is -6.24. The number of alkyl halides is 3. The predicted octanol–water partition coefficient (Wildman–Crippen LogP) is 1.44. The van der Waals surface area contributed by atoms with Crippen molar-refractivity contribution < 1.29 is 34.7 Å². The van der Waals surface area contributed by atoms with Gasteiger partial charge in [0.25, 0.3) is 9.84 Å². The highest BCUT2D eigenvalue weighted by Gasteiger charge is 2.48. The Kier molecular flexibility index (Phi) is 6.60. The molecule has 0 bridgehead atoms. The number of benzene rings is 1. The molecule has 2 atom stereocenters. The number of anilines is 1. The Morgan fingerprint density at radius 1 is 1.21 bits per heavy atom. The Balaban J connectivity index is 2.42. The van der Waals surface area contributed by atoms with E-state index in [1.165, 1.54) is 0 Å². The van der Waals surface area contributed by atoms with Crippen LogP contribution in [0, 0.1) is 5.41 Å². The van der Waals surface area contributed by atoms with Crippen molar-refractivity contribution >= 4 is 25.5 Å². The van der Waals surface area contributed by atoms with Gasteiger partial charge in [-0.15, -0.1) is 0 Å². The number of nitrogens with two attached hydrogens (primary N) is 1. The van der Waals surface area contributed by atoms with E-state index in [1.54, 1.807) is 0 Å². The number of rotatable bonds is 5. The molecule has 0 aromatic heterocycles. The summed E-state index contributed by atoms with van der Waals surface area (Å²) in [5.74, 6) is 0. The Hall–Kier alpha value is -1.41. The molecule has 2 rings (SSSR count). The molecular formula is C16H24F3N3O5S2. The zero-order valence-electron chi connectivity index (χ0n) is 16.1. The van der Waals surface area contributed by atoms with Crippen molar-refractivity contribution in [1.82, 2.24) is 5.32 Å². The number of ether oxygens (including phenoxy) is 1. The number of primary sulfonamides is 1. The maximum absolute atomic E-state index is 13.1. The maximum Gasteiger partial charge on any atom is 0.501 e. The molecule has 0 spiro atoms. The van der Waals surface area contributed by atoms with E-state index in [0.29, 0.717) is 19.2 Å². The highest BCUT2D eigenvalue weighted by Crippen LogP contribution is 2.36. The molecule has 0 amide bonds. The first-order valence-electron chi connectivity index (χ1n) is 8.62. The molecule has 0 radical (unpaired) electrons. The fourth-order valence-electron chi connectivity index (χ4n) is 3.08. The smallest absolute Gasteiger partial charge is 0.381 e. The first-order valence-corrected chi connectivity index (χ1v) is 11.6. The minimum absolute atomic E-state index is 0.00400. The Morgan fingerprint density at radius 2 is 1.83 bits per heavy atom. The minimum atomic E-state index is -5.82. The van der Waals surface area contributed by atoms with Crippen LogP contribution < -0.4 is 15.8 Å². The number of halogens is 3. The topological polar surface area (TPSA) is 128 Å². The first kappa shape index (κ1) is 23.9. The van der Waals surface area contributed by atoms with E-state index in [-0.39, 0.29) is 18.0 Å². The van der Waals surface area contributed by atoms with Gasteiger partial charge >= 0.3 is 5.51 Å². The molecule has 29 heavy (non-hydrogen) atoms. The van der Waals surface area contributed by atoms with Gasteiger partial charge in [0.05, 0.1) is 23.3 Å². The van der Waals surface area contributed by atoms with Gasteiger partial charge in [0.15, 0.2) is 0 Å². The van der Waals surface area contributed by atoms with Crippen molar-refractivity contribution in [3.8, 4) is 0 Å². The SMILES string of the molecule is CC(C)(C)C1NCCOC1CNc1ccc(S(N)(=O)=O)cc1S(=O)(=O)C(F)(F)F. The minimum Gasteiger partial charge on any atom is -0.381 e. The van der Waals surface area contributed by atoms with E-state index in [1.807, 2.05) is 20.8 Å². The van der Waals surface area contributed by atoms with E-state index in [2.05, 4.69) is 10.6 Å². The molecule has 166 valence electrons. The molecule has 2 unspecified atom stereocenters. The van der Waals surface area contributed by atoms with Crippen LogP contribution in [0.2, 0.25) is 0 Å². The maximum atomic E-state index is 13.1. The van der Waals surface area contributed by atoms with E-state index in [4.69, 9.17) is 9.88 Å². The number of nitrogens with one attached hydrogen (secondary N) is 2. The summed E-state index contributed by atoms with van der Waals surface area (Å²) >= 11 is 0. The van der Waals surface area contributed by atoms with Gasteiger partial charge in [0, 0.05) is 19.1 Å². The third-order valence-electron chi connectivity index (χ3n) is 4.47. The van der Waals surface area contributed by atoms with E-state index in [0.717, 1.165) is 12.1 Å².